The van der Waals surface area contributed by atoms with Crippen LogP contribution in [0.4, 0.5) is 4.39 Å². The Balaban J connectivity index is 2.50. The Labute approximate surface area is 111 Å². The van der Waals surface area contributed by atoms with E-state index in [4.69, 9.17) is 10.5 Å². The Hall–Kier alpha value is -1.92. The van der Waals surface area contributed by atoms with Crippen molar-refractivity contribution in [1.82, 2.24) is 0 Å². The van der Waals surface area contributed by atoms with Crippen LogP contribution in [0.5, 0.6) is 0 Å². The molecule has 6 heteroatoms. The Morgan fingerprint density at radius 1 is 1.26 bits per heavy atom. The van der Waals surface area contributed by atoms with Crippen molar-refractivity contribution >= 4 is 9.84 Å². The predicted octanol–water partition coefficient (Wildman–Crippen LogP) is 1.76. The van der Waals surface area contributed by atoms with Crippen LogP contribution in [-0.2, 0) is 9.84 Å². The van der Waals surface area contributed by atoms with Gasteiger partial charge in [-0.1, -0.05) is 19.1 Å². The minimum Gasteiger partial charge on any atom is -0.228 e. The van der Waals surface area contributed by atoms with Crippen molar-refractivity contribution in [2.24, 2.45) is 5.41 Å². The molecule has 1 fully saturated rings. The third-order valence-electron chi connectivity index (χ3n) is 3.52. The molecule has 1 saturated carbocycles. The molecule has 2 atom stereocenters. The predicted molar refractivity (Wildman–Crippen MR) is 66.0 cm³/mol. The van der Waals surface area contributed by atoms with Gasteiger partial charge >= 0.3 is 0 Å². The molecule has 0 aliphatic heterocycles. The summed E-state index contributed by atoms with van der Waals surface area (Å²) in [5.74, 6) is -1.27. The standard InChI is InChI=1S/C13H11FN2O2S/c1-2-19(17,18)12-11(13(12,7-15)8-16)9-3-5-10(14)6-4-9/h3-6,11-12H,2H2,1H3/t11-,12+/m1/s1. The van der Waals surface area contributed by atoms with Crippen LogP contribution in [0.2, 0.25) is 0 Å². The van der Waals surface area contributed by atoms with Gasteiger partial charge in [-0.05, 0) is 17.7 Å². The molecule has 0 unspecified atom stereocenters. The summed E-state index contributed by atoms with van der Waals surface area (Å²) in [6.45, 7) is 1.48. The number of halogens is 1. The van der Waals surface area contributed by atoms with E-state index in [0.29, 0.717) is 5.56 Å². The Morgan fingerprint density at radius 3 is 2.21 bits per heavy atom. The molecule has 0 spiro atoms. The second-order valence-electron chi connectivity index (χ2n) is 4.49. The molecular formula is C13H11FN2O2S. The fraction of sp³-hybridized carbons (Fsp3) is 0.385. The van der Waals surface area contributed by atoms with Crippen LogP contribution >= 0.6 is 0 Å². The monoisotopic (exact) mass is 278 g/mol. The number of hydrogen-bond donors (Lipinski definition) is 0. The summed E-state index contributed by atoms with van der Waals surface area (Å²) >= 11 is 0. The van der Waals surface area contributed by atoms with Gasteiger partial charge in [0.15, 0.2) is 15.3 Å². The summed E-state index contributed by atoms with van der Waals surface area (Å²) < 4.78 is 36.8. The zero-order chi connectivity index (χ0) is 14.3. The van der Waals surface area contributed by atoms with E-state index < -0.39 is 32.2 Å². The van der Waals surface area contributed by atoms with Gasteiger partial charge in [0, 0.05) is 11.7 Å². The van der Waals surface area contributed by atoms with Crippen molar-refractivity contribution < 1.29 is 12.8 Å². The molecule has 0 bridgehead atoms. The minimum absolute atomic E-state index is 0.125. The third-order valence-corrected chi connectivity index (χ3v) is 5.74. The number of nitriles is 2. The average Bonchev–Trinajstić information content (AvgIpc) is 3.10. The summed E-state index contributed by atoms with van der Waals surface area (Å²) in [4.78, 5) is 0. The third kappa shape index (κ3) is 1.89. The van der Waals surface area contributed by atoms with Crippen molar-refractivity contribution in [2.45, 2.75) is 18.1 Å². The number of rotatable bonds is 3. The molecule has 0 aromatic heterocycles. The maximum atomic E-state index is 12.9. The number of benzene rings is 1. The first-order valence-corrected chi connectivity index (χ1v) is 7.44. The summed E-state index contributed by atoms with van der Waals surface area (Å²) in [5, 5.41) is 17.3. The van der Waals surface area contributed by atoms with Gasteiger partial charge in [0.2, 0.25) is 0 Å². The molecule has 0 saturated heterocycles. The molecule has 0 amide bonds. The second kappa shape index (κ2) is 4.32. The largest absolute Gasteiger partial charge is 0.228 e. The number of sulfone groups is 1. The number of hydrogen-bond acceptors (Lipinski definition) is 4. The van der Waals surface area contributed by atoms with E-state index in [1.165, 1.54) is 31.2 Å². The zero-order valence-corrected chi connectivity index (χ0v) is 11.0. The van der Waals surface area contributed by atoms with E-state index in [-0.39, 0.29) is 5.75 Å². The fourth-order valence-electron chi connectivity index (χ4n) is 2.43. The Morgan fingerprint density at radius 2 is 1.79 bits per heavy atom. The van der Waals surface area contributed by atoms with Crippen LogP contribution in [0.15, 0.2) is 24.3 Å². The lowest BCUT2D eigenvalue weighted by Gasteiger charge is -1.99. The van der Waals surface area contributed by atoms with Crippen LogP contribution in [0, 0.1) is 33.9 Å². The SMILES string of the molecule is CCS(=O)(=O)[C@H]1[C@@H](c2ccc(F)cc2)C1(C#N)C#N. The van der Waals surface area contributed by atoms with Gasteiger partial charge in [-0.15, -0.1) is 0 Å². The van der Waals surface area contributed by atoms with Crippen LogP contribution < -0.4 is 0 Å². The van der Waals surface area contributed by atoms with E-state index in [2.05, 4.69) is 0 Å². The highest BCUT2D eigenvalue weighted by Gasteiger charge is 2.72. The molecule has 98 valence electrons. The van der Waals surface area contributed by atoms with Gasteiger partial charge in [0.1, 0.15) is 11.1 Å². The highest BCUT2D eigenvalue weighted by molar-refractivity contribution is 7.92. The molecule has 1 aromatic carbocycles. The first-order chi connectivity index (χ1) is 8.93. The summed E-state index contributed by atoms with van der Waals surface area (Å²) in [6, 6.07) is 8.89. The molecular weight excluding hydrogens is 267 g/mol. The zero-order valence-electron chi connectivity index (χ0n) is 10.2. The van der Waals surface area contributed by atoms with Gasteiger partial charge in [0.25, 0.3) is 0 Å². The molecule has 2 rings (SSSR count). The van der Waals surface area contributed by atoms with Gasteiger partial charge < -0.3 is 0 Å². The molecule has 1 aromatic rings. The smallest absolute Gasteiger partial charge is 0.169 e. The van der Waals surface area contributed by atoms with E-state index >= 15 is 0 Å². The second-order valence-corrected chi connectivity index (χ2v) is 6.90. The normalized spacial score (nSPS) is 24.2. The van der Waals surface area contributed by atoms with Gasteiger partial charge in [-0.3, -0.25) is 0 Å². The first kappa shape index (κ1) is 13.5. The van der Waals surface area contributed by atoms with E-state index in [1.807, 2.05) is 12.1 Å². The molecule has 0 radical (unpaired) electrons. The quantitative estimate of drug-likeness (QED) is 0.843. The van der Waals surface area contributed by atoms with E-state index in [0.717, 1.165) is 0 Å². The van der Waals surface area contributed by atoms with Crippen molar-refractivity contribution in [1.29, 1.82) is 10.5 Å². The van der Waals surface area contributed by atoms with Gasteiger partial charge in [-0.2, -0.15) is 10.5 Å². The molecule has 0 N–H and O–H groups in total. The molecule has 1 aliphatic rings. The maximum absolute atomic E-state index is 12.9. The highest BCUT2D eigenvalue weighted by atomic mass is 32.2. The molecule has 4 nitrogen and oxygen atoms in total. The first-order valence-electron chi connectivity index (χ1n) is 5.72. The van der Waals surface area contributed by atoms with Crippen LogP contribution in [0.25, 0.3) is 0 Å². The maximum Gasteiger partial charge on any atom is 0.169 e. The van der Waals surface area contributed by atoms with E-state index in [1.54, 1.807) is 0 Å². The summed E-state index contributed by atoms with van der Waals surface area (Å²) in [7, 11) is -3.50. The lowest BCUT2D eigenvalue weighted by Crippen LogP contribution is -2.15. The lowest BCUT2D eigenvalue weighted by atomic mass is 10.0. The van der Waals surface area contributed by atoms with Crippen molar-refractivity contribution in [2.75, 3.05) is 5.75 Å². The van der Waals surface area contributed by atoms with Crippen molar-refractivity contribution in [3.63, 3.8) is 0 Å². The van der Waals surface area contributed by atoms with Crippen molar-refractivity contribution in [3.8, 4) is 12.1 Å². The molecule has 19 heavy (non-hydrogen) atoms. The number of nitrogens with zero attached hydrogens (tertiary/aromatic N) is 2. The van der Waals surface area contributed by atoms with Gasteiger partial charge in [-0.25, -0.2) is 12.8 Å². The molecule has 0 heterocycles. The van der Waals surface area contributed by atoms with Crippen LogP contribution in [0.1, 0.15) is 18.4 Å². The Kier molecular flexibility index (Phi) is 3.07. The fourth-order valence-corrected chi connectivity index (χ4v) is 4.31. The summed E-state index contributed by atoms with van der Waals surface area (Å²) in [5.41, 5.74) is -1.04. The molecule has 1 aliphatic carbocycles. The topological polar surface area (TPSA) is 81.7 Å². The summed E-state index contributed by atoms with van der Waals surface area (Å²) in [6.07, 6.45) is 0. The average molecular weight is 278 g/mol. The lowest BCUT2D eigenvalue weighted by molar-refractivity contribution is 0.592. The van der Waals surface area contributed by atoms with Crippen LogP contribution in [-0.4, -0.2) is 19.4 Å². The van der Waals surface area contributed by atoms with Crippen LogP contribution in [0.3, 0.4) is 0 Å². The Bertz CT molecular complexity index is 669. The minimum atomic E-state index is -3.50. The van der Waals surface area contributed by atoms with Crippen molar-refractivity contribution in [3.05, 3.63) is 35.6 Å². The highest BCUT2D eigenvalue weighted by Crippen LogP contribution is 2.62. The van der Waals surface area contributed by atoms with E-state index in [9.17, 15) is 12.8 Å². The van der Waals surface area contributed by atoms with Gasteiger partial charge in [0.05, 0.1) is 12.1 Å².